The van der Waals surface area contributed by atoms with Crippen LogP contribution >= 0.6 is 11.3 Å². The van der Waals surface area contributed by atoms with Gasteiger partial charge in [-0.25, -0.2) is 4.98 Å². The number of hydrogen-bond donors (Lipinski definition) is 0. The van der Waals surface area contributed by atoms with E-state index in [0.717, 1.165) is 103 Å². The van der Waals surface area contributed by atoms with Gasteiger partial charge in [-0.05, 0) is 87.3 Å². The number of pyridine rings is 2. The van der Waals surface area contributed by atoms with Gasteiger partial charge in [-0.15, -0.1) is 11.3 Å². The van der Waals surface area contributed by atoms with Crippen LogP contribution in [0.15, 0.2) is 252 Å². The van der Waals surface area contributed by atoms with Gasteiger partial charge in [0.1, 0.15) is 0 Å². The molecule has 0 atom stereocenters. The lowest BCUT2D eigenvalue weighted by molar-refractivity contribution is 0.953. The van der Waals surface area contributed by atoms with Crippen LogP contribution in [-0.4, -0.2) is 28.7 Å². The van der Waals surface area contributed by atoms with Crippen LogP contribution in [0.3, 0.4) is 0 Å². The zero-order chi connectivity index (χ0) is 51.6. The van der Waals surface area contributed by atoms with Crippen molar-refractivity contribution < 1.29 is 0 Å². The number of hydrogen-bond acceptors (Lipinski definition) is 6. The van der Waals surface area contributed by atoms with Crippen molar-refractivity contribution in [2.75, 3.05) is 0 Å². The quantitative estimate of drug-likeness (QED) is 0.155. The van der Waals surface area contributed by atoms with Crippen molar-refractivity contribution in [3.63, 3.8) is 0 Å². The molecule has 0 aliphatic heterocycles. The van der Waals surface area contributed by atoms with E-state index in [1.165, 1.54) is 15.5 Å². The Labute approximate surface area is 448 Å². The predicted molar refractivity (Wildman–Crippen MR) is 322 cm³/mol. The molecule has 364 valence electrons. The minimum Gasteiger partial charge on any atom is -0.278 e. The van der Waals surface area contributed by atoms with Crippen molar-refractivity contribution in [3.05, 3.63) is 263 Å². The summed E-state index contributed by atoms with van der Waals surface area (Å²) in [6.45, 7) is 0. The lowest BCUT2D eigenvalue weighted by atomic mass is 9.95. The maximum Gasteiger partial charge on any atom is 0.264 e. The van der Waals surface area contributed by atoms with Gasteiger partial charge in [0.05, 0.1) is 32.2 Å². The maximum absolute atomic E-state index is 15.7. The summed E-state index contributed by atoms with van der Waals surface area (Å²) in [5.74, 6) is 1.55. The van der Waals surface area contributed by atoms with Crippen LogP contribution < -0.4 is 11.1 Å². The van der Waals surface area contributed by atoms with Crippen molar-refractivity contribution in [3.8, 4) is 51.2 Å². The summed E-state index contributed by atoms with van der Waals surface area (Å²) >= 11 is 1.74. The third-order valence-corrected chi connectivity index (χ3v) is 16.7. The lowest BCUT2D eigenvalue weighted by Crippen LogP contribution is -2.19. The molecule has 0 radical (unpaired) electrons. The van der Waals surface area contributed by atoms with Gasteiger partial charge >= 0.3 is 0 Å². The topological polar surface area (TPSA) is 87.6 Å². The summed E-state index contributed by atoms with van der Waals surface area (Å²) in [4.78, 5) is 46.1. The second kappa shape index (κ2) is 17.1. The van der Waals surface area contributed by atoms with E-state index in [1.807, 2.05) is 143 Å². The Morgan fingerprint density at radius 2 is 0.846 bits per heavy atom. The molecule has 0 aliphatic rings. The fraction of sp³-hybridized carbons (Fsp3) is 0. The molecule has 0 fully saturated rings. The molecule has 0 saturated heterocycles. The van der Waals surface area contributed by atoms with E-state index in [0.29, 0.717) is 28.4 Å². The van der Waals surface area contributed by atoms with Crippen LogP contribution in [0.1, 0.15) is 0 Å². The molecule has 0 spiro atoms. The highest BCUT2D eigenvalue weighted by molar-refractivity contribution is 7.27. The van der Waals surface area contributed by atoms with Gasteiger partial charge in [0.15, 0.2) is 11.6 Å². The number of aromatic nitrogens is 6. The predicted octanol–water partition coefficient (Wildman–Crippen LogP) is 16.4. The van der Waals surface area contributed by atoms with Crippen LogP contribution in [0.25, 0.3) is 147 Å². The molecule has 5 aromatic heterocycles. The number of benzene rings is 11. The highest BCUT2D eigenvalue weighted by Crippen LogP contribution is 2.46. The molecule has 16 aromatic rings. The Morgan fingerprint density at radius 3 is 1.54 bits per heavy atom. The SMILES string of the molecule is O=c1c2c(ccc3c2c2ccccc2n3-c2nc(-c3ccccc3)nc(-c3ccccc3)n2)c2ccccc2n1-c1ccc(-c2cccc(-n3c(=O)c4ccccc4c4c5ccccc5c5c6ccccc6sc5c43)c2)cc1. The third kappa shape index (κ3) is 6.49. The van der Waals surface area contributed by atoms with Crippen molar-refractivity contribution in [1.82, 2.24) is 28.7 Å². The molecule has 16 rings (SSSR count). The largest absolute Gasteiger partial charge is 0.278 e. The summed E-state index contributed by atoms with van der Waals surface area (Å²) in [6, 6.07) is 81.9. The minimum absolute atomic E-state index is 0.0680. The molecule has 0 bridgehead atoms. The van der Waals surface area contributed by atoms with E-state index in [1.54, 1.807) is 11.3 Å². The van der Waals surface area contributed by atoms with Crippen LogP contribution in [0, 0.1) is 0 Å². The van der Waals surface area contributed by atoms with Gasteiger partial charge < -0.3 is 0 Å². The van der Waals surface area contributed by atoms with Crippen molar-refractivity contribution in [2.24, 2.45) is 0 Å². The second-order valence-corrected chi connectivity index (χ2v) is 20.8. The summed E-state index contributed by atoms with van der Waals surface area (Å²) in [6.07, 6.45) is 0. The van der Waals surface area contributed by atoms with Crippen LogP contribution in [-0.2, 0) is 0 Å². The molecule has 0 unspecified atom stereocenters. The lowest BCUT2D eigenvalue weighted by Gasteiger charge is -2.18. The first kappa shape index (κ1) is 44.0. The molecule has 5 heterocycles. The highest BCUT2D eigenvalue weighted by Gasteiger charge is 2.25. The average molecular weight is 1020 g/mol. The van der Waals surface area contributed by atoms with Gasteiger partial charge in [-0.1, -0.05) is 188 Å². The number of fused-ring (bicyclic) bond motifs is 17. The first-order valence-corrected chi connectivity index (χ1v) is 26.7. The molecule has 8 nitrogen and oxygen atoms in total. The molecule has 11 aromatic carbocycles. The molecule has 9 heteroatoms. The summed E-state index contributed by atoms with van der Waals surface area (Å²) < 4.78 is 8.10. The standard InChI is InChI=1S/C69H40N6O2S/c76-67-52-28-10-9-27-50(52)59-48-25-7-8-26-49(48)60-54-30-13-16-33-58(54)78-64(60)63(59)74(67)46-23-17-22-44(40-46)41-34-36-45(37-35-41)73-55-31-14-11-24-47(55)51-38-39-57-61(62(51)68(73)77)53-29-12-15-32-56(53)75(57)69-71-65(42-18-3-1-4-19-42)70-66(72-69)43-20-5-2-6-21-43/h1-40H. The Bertz CT molecular complexity index is 5260. The Hall–Kier alpha value is -10.4. The molecule has 0 N–H and O–H groups in total. The summed E-state index contributed by atoms with van der Waals surface area (Å²) in [5, 5.41) is 11.4. The fourth-order valence-electron chi connectivity index (χ4n) is 12.1. The second-order valence-electron chi connectivity index (χ2n) is 19.8. The number of nitrogens with zero attached hydrogens (tertiary/aromatic N) is 6. The molecule has 0 saturated carbocycles. The Balaban J connectivity index is 0.879. The fourth-order valence-corrected chi connectivity index (χ4v) is 13.4. The van der Waals surface area contributed by atoms with Crippen molar-refractivity contribution in [2.45, 2.75) is 0 Å². The smallest absolute Gasteiger partial charge is 0.264 e. The minimum atomic E-state index is -0.139. The van der Waals surface area contributed by atoms with Gasteiger partial charge in [-0.2, -0.15) is 9.97 Å². The molecule has 0 aliphatic carbocycles. The first-order chi connectivity index (χ1) is 38.6. The number of para-hydroxylation sites is 2. The molecule has 0 amide bonds. The summed E-state index contributed by atoms with van der Waals surface area (Å²) in [7, 11) is 0. The van der Waals surface area contributed by atoms with E-state index in [9.17, 15) is 0 Å². The Morgan fingerprint density at radius 1 is 0.308 bits per heavy atom. The first-order valence-electron chi connectivity index (χ1n) is 25.9. The molecule has 78 heavy (non-hydrogen) atoms. The Kier molecular flexibility index (Phi) is 9.64. The molecular formula is C69H40N6O2S. The maximum atomic E-state index is 15.7. The third-order valence-electron chi connectivity index (χ3n) is 15.5. The van der Waals surface area contributed by atoms with Gasteiger partial charge in [0.2, 0.25) is 5.95 Å². The van der Waals surface area contributed by atoms with Crippen LogP contribution in [0.4, 0.5) is 0 Å². The van der Waals surface area contributed by atoms with E-state index < -0.39 is 0 Å². The number of thiophene rings is 1. The normalized spacial score (nSPS) is 11.9. The zero-order valence-corrected chi connectivity index (χ0v) is 42.3. The van der Waals surface area contributed by atoms with E-state index >= 15 is 9.59 Å². The molecular weight excluding hydrogens is 977 g/mol. The van der Waals surface area contributed by atoms with E-state index in [2.05, 4.69) is 114 Å². The van der Waals surface area contributed by atoms with Gasteiger partial charge in [0.25, 0.3) is 11.1 Å². The number of rotatable bonds is 6. The van der Waals surface area contributed by atoms with E-state index in [4.69, 9.17) is 15.0 Å². The van der Waals surface area contributed by atoms with Crippen LogP contribution in [0.2, 0.25) is 0 Å². The van der Waals surface area contributed by atoms with Gasteiger partial charge in [0, 0.05) is 64.9 Å². The van der Waals surface area contributed by atoms with E-state index in [-0.39, 0.29) is 11.1 Å². The van der Waals surface area contributed by atoms with Gasteiger partial charge in [-0.3, -0.25) is 23.3 Å². The average Bonchev–Trinajstić information content (AvgIpc) is 4.26. The summed E-state index contributed by atoms with van der Waals surface area (Å²) in [5.41, 5.74) is 8.30. The van der Waals surface area contributed by atoms with Crippen molar-refractivity contribution >= 4 is 107 Å². The highest BCUT2D eigenvalue weighted by atomic mass is 32.1. The van der Waals surface area contributed by atoms with Crippen LogP contribution in [0.5, 0.6) is 0 Å². The zero-order valence-electron chi connectivity index (χ0n) is 41.5. The van der Waals surface area contributed by atoms with Crippen molar-refractivity contribution in [1.29, 1.82) is 0 Å². The monoisotopic (exact) mass is 1020 g/mol.